The second-order valence-electron chi connectivity index (χ2n) is 8.13. The highest BCUT2D eigenvalue weighted by molar-refractivity contribution is 7.89. The number of imidazole rings is 1. The lowest BCUT2D eigenvalue weighted by atomic mass is 9.97. The van der Waals surface area contributed by atoms with Crippen molar-refractivity contribution in [3.63, 3.8) is 0 Å². The van der Waals surface area contributed by atoms with E-state index in [1.807, 2.05) is 47.1 Å². The van der Waals surface area contributed by atoms with Gasteiger partial charge in [0.15, 0.2) is 0 Å². The summed E-state index contributed by atoms with van der Waals surface area (Å²) in [7, 11) is -3.93. The summed E-state index contributed by atoms with van der Waals surface area (Å²) in [5, 5.41) is 2.91. The molecule has 0 radical (unpaired) electrons. The molecule has 0 saturated carbocycles. The molecule has 2 aromatic heterocycles. The molecule has 0 aliphatic carbocycles. The zero-order valence-corrected chi connectivity index (χ0v) is 19.0. The van der Waals surface area contributed by atoms with Crippen molar-refractivity contribution in [2.45, 2.75) is 17.7 Å². The van der Waals surface area contributed by atoms with Crippen LogP contribution in [-0.2, 0) is 14.8 Å². The molecule has 10 heteroatoms. The smallest absolute Gasteiger partial charge is 0.245 e. The maximum atomic E-state index is 14.0. The largest absolute Gasteiger partial charge is 0.326 e. The fraction of sp³-hybridized carbons (Fsp3) is 0.208. The first-order chi connectivity index (χ1) is 16.4. The van der Waals surface area contributed by atoms with Crippen LogP contribution in [0.3, 0.4) is 0 Å². The molecular weight excluding hydrogens is 457 g/mol. The molecule has 8 nitrogen and oxygen atoms in total. The summed E-state index contributed by atoms with van der Waals surface area (Å²) in [6.07, 6.45) is 6.18. The summed E-state index contributed by atoms with van der Waals surface area (Å²) in [5.41, 5.74) is 2.33. The van der Waals surface area contributed by atoms with Gasteiger partial charge in [-0.3, -0.25) is 9.20 Å². The van der Waals surface area contributed by atoms with Crippen molar-refractivity contribution >= 4 is 27.4 Å². The standard InChI is InChI=1S/C24H22FN5O3S/c25-20-4-1-2-5-22(20)34(32,33)30-14-10-18(11-15-30)23(31)27-19-8-6-17(7-9-19)21-16-29-13-3-12-26-24(29)28-21/h1-9,12-13,16,18H,10-11,14-15H2,(H,27,31). The molecule has 1 aliphatic rings. The summed E-state index contributed by atoms with van der Waals surface area (Å²) >= 11 is 0. The van der Waals surface area contributed by atoms with Gasteiger partial charge >= 0.3 is 0 Å². The Morgan fingerprint density at radius 2 is 1.76 bits per heavy atom. The molecule has 5 rings (SSSR count). The van der Waals surface area contributed by atoms with E-state index < -0.39 is 15.8 Å². The molecule has 0 unspecified atom stereocenters. The SMILES string of the molecule is O=C(Nc1ccc(-c2cn3cccnc3n2)cc1)C1CCN(S(=O)(=O)c2ccccc2F)CC1. The second-order valence-corrected chi connectivity index (χ2v) is 10.0. The highest BCUT2D eigenvalue weighted by Gasteiger charge is 2.33. The minimum Gasteiger partial charge on any atom is -0.326 e. The second kappa shape index (κ2) is 8.96. The molecule has 1 fully saturated rings. The van der Waals surface area contributed by atoms with Crippen LogP contribution in [0.25, 0.3) is 17.0 Å². The number of aromatic nitrogens is 3. The topological polar surface area (TPSA) is 96.7 Å². The molecule has 1 N–H and O–H groups in total. The highest BCUT2D eigenvalue weighted by Crippen LogP contribution is 2.27. The van der Waals surface area contributed by atoms with Crippen LogP contribution in [0.15, 0.2) is 78.1 Å². The molecule has 1 aliphatic heterocycles. The van der Waals surface area contributed by atoms with Crippen molar-refractivity contribution < 1.29 is 17.6 Å². The predicted octanol–water partition coefficient (Wildman–Crippen LogP) is 3.57. The number of nitrogens with one attached hydrogen (secondary N) is 1. The van der Waals surface area contributed by atoms with Crippen molar-refractivity contribution in [2.75, 3.05) is 18.4 Å². The van der Waals surface area contributed by atoms with Gasteiger partial charge in [0, 0.05) is 48.8 Å². The zero-order chi connectivity index (χ0) is 23.7. The monoisotopic (exact) mass is 479 g/mol. The number of piperidine rings is 1. The van der Waals surface area contributed by atoms with Crippen LogP contribution in [0, 0.1) is 11.7 Å². The third-order valence-corrected chi connectivity index (χ3v) is 7.89. The Hall–Kier alpha value is -3.63. The molecule has 0 atom stereocenters. The first-order valence-corrected chi connectivity index (χ1v) is 12.3. The summed E-state index contributed by atoms with van der Waals surface area (Å²) in [6.45, 7) is 0.325. The Bertz CT molecular complexity index is 1410. The van der Waals surface area contributed by atoms with Crippen molar-refractivity contribution in [3.05, 3.63) is 79.0 Å². The lowest BCUT2D eigenvalue weighted by molar-refractivity contribution is -0.120. The number of hydrogen-bond acceptors (Lipinski definition) is 5. The van der Waals surface area contributed by atoms with Crippen molar-refractivity contribution in [1.29, 1.82) is 0 Å². The van der Waals surface area contributed by atoms with Gasteiger partial charge in [-0.15, -0.1) is 0 Å². The molecule has 1 saturated heterocycles. The average molecular weight is 480 g/mol. The quantitative estimate of drug-likeness (QED) is 0.472. The number of fused-ring (bicyclic) bond motifs is 1. The van der Waals surface area contributed by atoms with Crippen LogP contribution in [0.5, 0.6) is 0 Å². The minimum atomic E-state index is -3.93. The van der Waals surface area contributed by atoms with Crippen LogP contribution < -0.4 is 5.32 Å². The molecule has 34 heavy (non-hydrogen) atoms. The molecule has 4 aromatic rings. The summed E-state index contributed by atoms with van der Waals surface area (Å²) < 4.78 is 42.6. The van der Waals surface area contributed by atoms with Crippen molar-refractivity contribution in [1.82, 2.24) is 18.7 Å². The van der Waals surface area contributed by atoms with E-state index in [0.717, 1.165) is 17.3 Å². The van der Waals surface area contributed by atoms with E-state index in [0.29, 0.717) is 24.3 Å². The first-order valence-electron chi connectivity index (χ1n) is 10.9. The number of amides is 1. The third kappa shape index (κ3) is 4.29. The maximum Gasteiger partial charge on any atom is 0.245 e. The number of sulfonamides is 1. The van der Waals surface area contributed by atoms with Crippen LogP contribution in [0.1, 0.15) is 12.8 Å². The summed E-state index contributed by atoms with van der Waals surface area (Å²) in [4.78, 5) is 21.1. The van der Waals surface area contributed by atoms with E-state index >= 15 is 0 Å². The van der Waals surface area contributed by atoms with Crippen molar-refractivity contribution in [2.24, 2.45) is 5.92 Å². The molecular formula is C24H22FN5O3S. The van der Waals surface area contributed by atoms with E-state index in [1.54, 1.807) is 6.20 Å². The fourth-order valence-corrected chi connectivity index (χ4v) is 5.62. The summed E-state index contributed by atoms with van der Waals surface area (Å²) in [5.74, 6) is -0.646. The van der Waals surface area contributed by atoms with E-state index in [-0.39, 0.29) is 29.8 Å². The third-order valence-electron chi connectivity index (χ3n) is 5.96. The average Bonchev–Trinajstić information content (AvgIpc) is 3.29. The highest BCUT2D eigenvalue weighted by atomic mass is 32.2. The maximum absolute atomic E-state index is 14.0. The Labute approximate surface area is 196 Å². The number of hydrogen-bond donors (Lipinski definition) is 1. The van der Waals surface area contributed by atoms with Gasteiger partial charge in [-0.2, -0.15) is 4.31 Å². The number of carbonyl (C=O) groups is 1. The molecule has 0 spiro atoms. The van der Waals surface area contributed by atoms with Crippen LogP contribution in [0.2, 0.25) is 0 Å². The molecule has 0 bridgehead atoms. The van der Waals surface area contributed by atoms with Gasteiger partial charge in [-0.1, -0.05) is 24.3 Å². The number of halogens is 1. The molecule has 1 amide bonds. The Morgan fingerprint density at radius 3 is 2.47 bits per heavy atom. The van der Waals surface area contributed by atoms with Gasteiger partial charge in [0.1, 0.15) is 10.7 Å². The Kier molecular flexibility index (Phi) is 5.84. The zero-order valence-electron chi connectivity index (χ0n) is 18.1. The van der Waals surface area contributed by atoms with E-state index in [9.17, 15) is 17.6 Å². The van der Waals surface area contributed by atoms with Crippen LogP contribution >= 0.6 is 0 Å². The number of rotatable bonds is 5. The lowest BCUT2D eigenvalue weighted by Gasteiger charge is -2.30. The van der Waals surface area contributed by atoms with Gasteiger partial charge in [0.05, 0.1) is 5.69 Å². The first kappa shape index (κ1) is 22.2. The predicted molar refractivity (Wildman–Crippen MR) is 125 cm³/mol. The van der Waals surface area contributed by atoms with E-state index in [2.05, 4.69) is 15.3 Å². The molecule has 2 aromatic carbocycles. The van der Waals surface area contributed by atoms with Crippen molar-refractivity contribution in [3.8, 4) is 11.3 Å². The van der Waals surface area contributed by atoms with Gasteiger partial charge in [-0.25, -0.2) is 22.8 Å². The normalized spacial score (nSPS) is 15.4. The summed E-state index contributed by atoms with van der Waals surface area (Å²) in [6, 6.07) is 14.5. The molecule has 3 heterocycles. The Balaban J connectivity index is 1.20. The van der Waals surface area contributed by atoms with Gasteiger partial charge in [0.2, 0.25) is 21.7 Å². The number of benzene rings is 2. The van der Waals surface area contributed by atoms with Gasteiger partial charge in [0.25, 0.3) is 0 Å². The van der Waals surface area contributed by atoms with Gasteiger partial charge in [-0.05, 0) is 43.2 Å². The van der Waals surface area contributed by atoms with E-state index in [4.69, 9.17) is 0 Å². The van der Waals surface area contributed by atoms with Crippen LogP contribution in [-0.4, -0.2) is 46.1 Å². The lowest BCUT2D eigenvalue weighted by Crippen LogP contribution is -2.41. The minimum absolute atomic E-state index is 0.160. The number of carbonyl (C=O) groups excluding carboxylic acids is 1. The molecule has 174 valence electrons. The number of anilines is 1. The van der Waals surface area contributed by atoms with Crippen LogP contribution in [0.4, 0.5) is 10.1 Å². The van der Waals surface area contributed by atoms with Gasteiger partial charge < -0.3 is 5.32 Å². The number of nitrogens with zero attached hydrogens (tertiary/aromatic N) is 4. The van der Waals surface area contributed by atoms with E-state index in [1.165, 1.54) is 22.5 Å². The Morgan fingerprint density at radius 1 is 1.03 bits per heavy atom. The fourth-order valence-electron chi connectivity index (χ4n) is 4.09.